The number of aliphatic hydroxyl groups is 1. The lowest BCUT2D eigenvalue weighted by Gasteiger charge is -2.24. The van der Waals surface area contributed by atoms with Crippen molar-refractivity contribution in [1.82, 2.24) is 35.6 Å². The Morgan fingerprint density at radius 3 is 2.00 bits per heavy atom. The van der Waals surface area contributed by atoms with Crippen LogP contribution in [-0.4, -0.2) is 134 Å². The van der Waals surface area contributed by atoms with Gasteiger partial charge in [0.15, 0.2) is 0 Å². The van der Waals surface area contributed by atoms with Crippen LogP contribution in [0.1, 0.15) is 32.3 Å². The van der Waals surface area contributed by atoms with Crippen molar-refractivity contribution in [3.63, 3.8) is 0 Å². The second-order valence-electron chi connectivity index (χ2n) is 11.7. The Balaban J connectivity index is 1.84. The Morgan fingerprint density at radius 2 is 1.47 bits per heavy atom. The largest absolute Gasteiger partial charge is 0.508 e. The summed E-state index contributed by atoms with van der Waals surface area (Å²) in [5, 5.41) is 37.7. The lowest BCUT2D eigenvalue weighted by molar-refractivity contribution is -0.139. The highest BCUT2D eigenvalue weighted by Gasteiger charge is 2.32. The molecule has 0 unspecified atom stereocenters. The maximum Gasteiger partial charge on any atom is 0.321 e. The molecule has 284 valence electrons. The summed E-state index contributed by atoms with van der Waals surface area (Å²) in [4.78, 5) is 89.8. The van der Waals surface area contributed by atoms with Crippen molar-refractivity contribution in [1.29, 1.82) is 0 Å². The van der Waals surface area contributed by atoms with Gasteiger partial charge in [-0.1, -0.05) is 12.1 Å². The number of benzene rings is 1. The van der Waals surface area contributed by atoms with E-state index in [2.05, 4.69) is 56.0 Å². The summed E-state index contributed by atoms with van der Waals surface area (Å²) in [6.45, 7) is 2.91. The molecular weight excluding hydrogens is 747 g/mol. The van der Waals surface area contributed by atoms with Crippen molar-refractivity contribution in [2.24, 2.45) is 0 Å². The molecule has 1 heterocycles. The van der Waals surface area contributed by atoms with Crippen LogP contribution >= 0.6 is 49.2 Å². The Labute approximate surface area is 315 Å². The van der Waals surface area contributed by atoms with Crippen LogP contribution in [0.3, 0.4) is 0 Å². The number of aliphatic hydroxyl groups excluding tert-OH is 1. The molecule has 1 aliphatic rings. The van der Waals surface area contributed by atoms with E-state index in [1.54, 1.807) is 12.1 Å². The van der Waals surface area contributed by atoms with Gasteiger partial charge in [-0.05, 0) is 88.3 Å². The maximum atomic E-state index is 12.9. The van der Waals surface area contributed by atoms with Crippen molar-refractivity contribution in [2.45, 2.75) is 75.5 Å². The molecule has 0 saturated carbocycles. The van der Waals surface area contributed by atoms with Gasteiger partial charge >= 0.3 is 5.97 Å². The predicted molar refractivity (Wildman–Crippen MR) is 198 cm³/mol. The fourth-order valence-electron chi connectivity index (χ4n) is 4.61. The molecule has 0 spiro atoms. The van der Waals surface area contributed by atoms with Crippen LogP contribution in [0.2, 0.25) is 0 Å². The molecule has 9 N–H and O–H groups in total. The van der Waals surface area contributed by atoms with Gasteiger partial charge in [-0.2, -0.15) is 25.3 Å². The van der Waals surface area contributed by atoms with Crippen LogP contribution in [0, 0.1) is 0 Å². The molecular formula is C30H45N7O10S4. The summed E-state index contributed by atoms with van der Waals surface area (Å²) >= 11 is 9.11. The highest BCUT2D eigenvalue weighted by atomic mass is 32.2. The number of aliphatic carboxylic acids is 1. The van der Waals surface area contributed by atoms with Gasteiger partial charge < -0.3 is 36.6 Å². The Morgan fingerprint density at radius 1 is 0.882 bits per heavy atom. The first kappa shape index (κ1) is 44.1. The lowest BCUT2D eigenvalue weighted by Crippen LogP contribution is -2.54. The minimum atomic E-state index is -1.38. The summed E-state index contributed by atoms with van der Waals surface area (Å²) < 4.78 is 5.09. The number of nitrogens with one attached hydrogen (secondary N) is 6. The molecule has 0 bridgehead atoms. The number of carbonyl (C=O) groups excluding carboxylic acids is 6. The van der Waals surface area contributed by atoms with E-state index in [1.165, 1.54) is 26.0 Å². The topological polar surface area (TPSA) is 256 Å². The van der Waals surface area contributed by atoms with Gasteiger partial charge in [0.25, 0.3) is 0 Å². The number of hydrogen-bond acceptors (Lipinski definition) is 16. The fourth-order valence-corrected chi connectivity index (χ4v) is 6.93. The SMILES string of the molecule is C[C@H](NC(=O)[C@@H]1CCCN1C)C(=O)N[C@@H](CS)C(=O)SN[C@H](C(=O)NCC(=O)N[C@@H](CS)C(=O)SN[C@@H](Cc1ccc(O)cc1)C(=O)O)[C@@H](C)O. The van der Waals surface area contributed by atoms with Gasteiger partial charge in [0.1, 0.15) is 36.0 Å². The Bertz CT molecular complexity index is 1390. The zero-order valence-electron chi connectivity index (χ0n) is 28.2. The third-order valence-corrected chi connectivity index (χ3v) is 10.1. The zero-order chi connectivity index (χ0) is 38.2. The number of carbonyl (C=O) groups is 7. The molecule has 2 rings (SSSR count). The van der Waals surface area contributed by atoms with Gasteiger partial charge in [-0.15, -0.1) is 0 Å². The smallest absolute Gasteiger partial charge is 0.321 e. The lowest BCUT2D eigenvalue weighted by atomic mass is 10.1. The summed E-state index contributed by atoms with van der Waals surface area (Å²) in [5.74, 6) is -4.03. The quantitative estimate of drug-likeness (QED) is 0.0515. The molecule has 1 aromatic rings. The first-order valence-corrected chi connectivity index (χ1v) is 18.7. The molecule has 21 heteroatoms. The number of nitrogens with zero attached hydrogens (tertiary/aromatic N) is 1. The van der Waals surface area contributed by atoms with Gasteiger partial charge in [0.05, 0.1) is 18.7 Å². The third-order valence-electron chi connectivity index (χ3n) is 7.61. The molecule has 17 nitrogen and oxygen atoms in total. The molecule has 0 aromatic heterocycles. The van der Waals surface area contributed by atoms with E-state index in [-0.39, 0.29) is 35.6 Å². The van der Waals surface area contributed by atoms with Crippen molar-refractivity contribution < 1.29 is 48.9 Å². The number of carboxylic acid groups (broad SMARTS) is 1. The van der Waals surface area contributed by atoms with E-state index >= 15 is 0 Å². The number of phenols is 1. The average Bonchev–Trinajstić information content (AvgIpc) is 3.52. The highest BCUT2D eigenvalue weighted by molar-refractivity contribution is 8.12. The molecule has 1 aromatic carbocycles. The Kier molecular flexibility index (Phi) is 19.1. The van der Waals surface area contributed by atoms with E-state index in [9.17, 15) is 48.9 Å². The summed E-state index contributed by atoms with van der Waals surface area (Å²) in [7, 11) is 1.82. The number of likely N-dealkylation sites (N-methyl/N-ethyl adjacent to an activating group) is 1. The van der Waals surface area contributed by atoms with Crippen LogP contribution in [0.5, 0.6) is 5.75 Å². The van der Waals surface area contributed by atoms with E-state index in [1.807, 2.05) is 11.9 Å². The minimum Gasteiger partial charge on any atom is -0.508 e. The average molecular weight is 792 g/mol. The molecule has 51 heavy (non-hydrogen) atoms. The second kappa shape index (κ2) is 22.1. The van der Waals surface area contributed by atoms with Crippen LogP contribution in [0.15, 0.2) is 24.3 Å². The van der Waals surface area contributed by atoms with E-state index < -0.39 is 76.8 Å². The molecule has 0 radical (unpaired) electrons. The van der Waals surface area contributed by atoms with Crippen LogP contribution in [0.25, 0.3) is 0 Å². The van der Waals surface area contributed by atoms with Gasteiger partial charge in [-0.3, -0.25) is 38.5 Å². The molecule has 1 fully saturated rings. The van der Waals surface area contributed by atoms with Crippen molar-refractivity contribution >= 4 is 89.0 Å². The number of aromatic hydroxyl groups is 1. The molecule has 7 atom stereocenters. The third kappa shape index (κ3) is 14.8. The second-order valence-corrected chi connectivity index (χ2v) is 14.1. The number of carboxylic acids is 1. The van der Waals surface area contributed by atoms with Crippen molar-refractivity contribution in [2.75, 3.05) is 31.6 Å². The number of phenolic OH excluding ortho intramolecular Hbond substituents is 1. The molecule has 1 aliphatic heterocycles. The number of rotatable bonds is 20. The maximum absolute atomic E-state index is 12.9. The molecule has 1 saturated heterocycles. The summed E-state index contributed by atoms with van der Waals surface area (Å²) in [6.07, 6.45) is 0.211. The normalized spacial score (nSPS) is 18.0. The first-order valence-electron chi connectivity index (χ1n) is 15.8. The van der Waals surface area contributed by atoms with Crippen LogP contribution < -0.4 is 30.7 Å². The summed E-state index contributed by atoms with van der Waals surface area (Å²) in [6, 6.07) is -0.222. The van der Waals surface area contributed by atoms with E-state index in [4.69, 9.17) is 0 Å². The predicted octanol–water partition coefficient (Wildman–Crippen LogP) is -1.79. The number of thiol groups is 2. The standard InChI is InChI=1S/C30H45N7O10S4/c1-15(32-26(42)22-5-4-10-37(22)3)25(41)34-21(14-49)30(47)51-36-24(16(2)38)27(43)31-12-23(40)33-20(13-48)29(46)50-35-19(28(44)45)11-17-6-8-18(39)9-7-17/h6-9,15-16,19-22,24,35-36,38-39,48-49H,4-5,10-14H2,1-3H3,(H,31,43)(H,32,42)(H,33,40)(H,34,41)(H,44,45)/t15-,16+,19-,20-,21-,22-,24-/m0/s1. The van der Waals surface area contributed by atoms with Crippen LogP contribution in [-0.2, 0) is 40.0 Å². The molecule has 4 amide bonds. The minimum absolute atomic E-state index is 0.00347. The van der Waals surface area contributed by atoms with E-state index in [0.717, 1.165) is 13.0 Å². The van der Waals surface area contributed by atoms with Gasteiger partial charge in [0, 0.05) is 11.5 Å². The number of amides is 4. The van der Waals surface area contributed by atoms with Gasteiger partial charge in [0.2, 0.25) is 33.9 Å². The number of hydrogen-bond donors (Lipinski definition) is 11. The number of likely N-dealkylation sites (tertiary alicyclic amines) is 1. The fraction of sp³-hybridized carbons (Fsp3) is 0.567. The van der Waals surface area contributed by atoms with E-state index in [0.29, 0.717) is 35.9 Å². The zero-order valence-corrected chi connectivity index (χ0v) is 31.6. The molecule has 0 aliphatic carbocycles. The van der Waals surface area contributed by atoms with Crippen molar-refractivity contribution in [3.05, 3.63) is 29.8 Å². The van der Waals surface area contributed by atoms with Crippen LogP contribution in [0.4, 0.5) is 0 Å². The highest BCUT2D eigenvalue weighted by Crippen LogP contribution is 2.16. The monoisotopic (exact) mass is 791 g/mol. The summed E-state index contributed by atoms with van der Waals surface area (Å²) in [5.41, 5.74) is 0.593. The first-order chi connectivity index (χ1) is 24.1. The van der Waals surface area contributed by atoms with Crippen molar-refractivity contribution in [3.8, 4) is 5.75 Å². The van der Waals surface area contributed by atoms with Gasteiger partial charge in [-0.25, -0.2) is 9.44 Å². The Hall–Kier alpha value is -3.05.